The van der Waals surface area contributed by atoms with E-state index in [1.165, 1.54) is 0 Å². The molecule has 0 fully saturated rings. The summed E-state index contributed by atoms with van der Waals surface area (Å²) in [6.45, 7) is 9.38. The van der Waals surface area contributed by atoms with Gasteiger partial charge in [0.05, 0.1) is 5.69 Å². The number of hydrogen-bond donors (Lipinski definition) is 2. The number of rotatable bonds is 4. The predicted octanol–water partition coefficient (Wildman–Crippen LogP) is 5.10. The first-order chi connectivity index (χ1) is 11.9. The number of aromatic nitrogens is 3. The lowest BCUT2D eigenvalue weighted by atomic mass is 9.97. The summed E-state index contributed by atoms with van der Waals surface area (Å²) in [5.41, 5.74) is 5.17. The highest BCUT2D eigenvalue weighted by atomic mass is 15.1. The van der Waals surface area contributed by atoms with Crippen LogP contribution < -0.4 is 5.32 Å². The number of nitrogens with zero attached hydrogens (tertiary/aromatic N) is 4. The molecule has 0 amide bonds. The van der Waals surface area contributed by atoms with Crippen molar-refractivity contribution in [3.63, 3.8) is 0 Å². The lowest BCUT2D eigenvalue weighted by molar-refractivity contribution is 0.442. The molecule has 0 saturated carbocycles. The Morgan fingerprint density at radius 2 is 2.04 bits per heavy atom. The van der Waals surface area contributed by atoms with Crippen LogP contribution in [-0.4, -0.2) is 28.5 Å². The van der Waals surface area contributed by atoms with Crippen molar-refractivity contribution in [3.8, 4) is 11.1 Å². The molecule has 0 spiro atoms. The average Bonchev–Trinajstić information content (AvgIpc) is 2.97. The van der Waals surface area contributed by atoms with Crippen molar-refractivity contribution in [1.82, 2.24) is 15.0 Å². The second-order valence-corrected chi connectivity index (χ2v) is 7.37. The SMILES string of the molecule is CN=Nc1ccc(-c2c[nH]c3nc(NCC(C)(C)C)ncc23)cc1C. The molecule has 3 rings (SSSR count). The molecular formula is C19H24N6. The van der Waals surface area contributed by atoms with Crippen LogP contribution in [-0.2, 0) is 0 Å². The highest BCUT2D eigenvalue weighted by molar-refractivity contribution is 5.93. The molecule has 2 aromatic heterocycles. The van der Waals surface area contributed by atoms with E-state index in [2.05, 4.69) is 57.3 Å². The Labute approximate surface area is 147 Å². The quantitative estimate of drug-likeness (QED) is 0.650. The molecule has 6 heteroatoms. The number of fused-ring (bicyclic) bond motifs is 1. The molecule has 0 radical (unpaired) electrons. The first-order valence-electron chi connectivity index (χ1n) is 8.36. The van der Waals surface area contributed by atoms with E-state index in [1.807, 2.05) is 31.5 Å². The van der Waals surface area contributed by atoms with Gasteiger partial charge in [-0.3, -0.25) is 0 Å². The number of aryl methyl sites for hydroxylation is 1. The first-order valence-corrected chi connectivity index (χ1v) is 8.36. The van der Waals surface area contributed by atoms with Gasteiger partial charge in [-0.1, -0.05) is 26.8 Å². The van der Waals surface area contributed by atoms with Gasteiger partial charge >= 0.3 is 0 Å². The van der Waals surface area contributed by atoms with Gasteiger partial charge in [-0.2, -0.15) is 15.2 Å². The van der Waals surface area contributed by atoms with Gasteiger partial charge in [0.2, 0.25) is 5.95 Å². The van der Waals surface area contributed by atoms with Gasteiger partial charge in [0.1, 0.15) is 5.65 Å². The Bertz CT molecular complexity index is 917. The molecule has 0 saturated heterocycles. The summed E-state index contributed by atoms with van der Waals surface area (Å²) in [5.74, 6) is 0.644. The Hall–Kier alpha value is -2.76. The van der Waals surface area contributed by atoms with Crippen LogP contribution in [0.3, 0.4) is 0 Å². The van der Waals surface area contributed by atoms with E-state index in [4.69, 9.17) is 0 Å². The zero-order valence-corrected chi connectivity index (χ0v) is 15.4. The number of azo groups is 1. The molecule has 2 heterocycles. The average molecular weight is 336 g/mol. The molecule has 0 aliphatic carbocycles. The van der Waals surface area contributed by atoms with Crippen molar-refractivity contribution in [2.45, 2.75) is 27.7 Å². The number of hydrogen-bond acceptors (Lipinski definition) is 5. The van der Waals surface area contributed by atoms with Crippen molar-refractivity contribution in [2.24, 2.45) is 15.6 Å². The zero-order chi connectivity index (χ0) is 18.0. The number of benzene rings is 1. The number of anilines is 1. The number of nitrogens with one attached hydrogen (secondary N) is 2. The molecule has 6 nitrogen and oxygen atoms in total. The normalized spacial score (nSPS) is 12.2. The third kappa shape index (κ3) is 3.84. The third-order valence-corrected chi connectivity index (χ3v) is 3.92. The molecule has 0 aliphatic heterocycles. The summed E-state index contributed by atoms with van der Waals surface area (Å²) >= 11 is 0. The van der Waals surface area contributed by atoms with Crippen molar-refractivity contribution < 1.29 is 0 Å². The Kier molecular flexibility index (Phi) is 4.53. The Balaban J connectivity index is 1.92. The lowest BCUT2D eigenvalue weighted by Crippen LogP contribution is -2.20. The van der Waals surface area contributed by atoms with E-state index in [0.717, 1.165) is 40.0 Å². The minimum Gasteiger partial charge on any atom is -0.354 e. The van der Waals surface area contributed by atoms with Crippen LogP contribution in [0.15, 0.2) is 40.8 Å². The van der Waals surface area contributed by atoms with Gasteiger partial charge in [-0.15, -0.1) is 0 Å². The fourth-order valence-corrected chi connectivity index (χ4v) is 2.62. The van der Waals surface area contributed by atoms with Crippen LogP contribution in [0.1, 0.15) is 26.3 Å². The molecule has 0 bridgehead atoms. The van der Waals surface area contributed by atoms with Gasteiger partial charge in [-0.25, -0.2) is 4.98 Å². The fraction of sp³-hybridized carbons (Fsp3) is 0.368. The van der Waals surface area contributed by atoms with Crippen molar-refractivity contribution in [1.29, 1.82) is 0 Å². The number of H-pyrrole nitrogens is 1. The molecule has 3 aromatic rings. The van der Waals surface area contributed by atoms with Crippen LogP contribution in [0.5, 0.6) is 0 Å². The highest BCUT2D eigenvalue weighted by Crippen LogP contribution is 2.31. The van der Waals surface area contributed by atoms with Crippen molar-refractivity contribution >= 4 is 22.7 Å². The standard InChI is InChI=1S/C19H24N6/c1-12-8-13(6-7-16(12)25-20-5)14-9-21-17-15(14)10-22-18(24-17)23-11-19(2,3)4/h6-10H,11H2,1-5H3,(H2,21,22,23,24). The molecule has 0 aliphatic rings. The molecule has 0 unspecified atom stereocenters. The van der Waals surface area contributed by atoms with E-state index < -0.39 is 0 Å². The van der Waals surface area contributed by atoms with E-state index in [0.29, 0.717) is 5.95 Å². The zero-order valence-electron chi connectivity index (χ0n) is 15.4. The number of aromatic amines is 1. The van der Waals surface area contributed by atoms with E-state index in [-0.39, 0.29) is 5.41 Å². The van der Waals surface area contributed by atoms with Crippen molar-refractivity contribution in [3.05, 3.63) is 36.2 Å². The summed E-state index contributed by atoms with van der Waals surface area (Å²) in [4.78, 5) is 12.3. The van der Waals surface area contributed by atoms with Gasteiger partial charge in [0.15, 0.2) is 0 Å². The summed E-state index contributed by atoms with van der Waals surface area (Å²) in [6.07, 6.45) is 3.84. The summed E-state index contributed by atoms with van der Waals surface area (Å²) in [5, 5.41) is 12.3. The van der Waals surface area contributed by atoms with Gasteiger partial charge in [0.25, 0.3) is 0 Å². The summed E-state index contributed by atoms with van der Waals surface area (Å²) < 4.78 is 0. The Morgan fingerprint density at radius 3 is 2.72 bits per heavy atom. The predicted molar refractivity (Wildman–Crippen MR) is 102 cm³/mol. The second-order valence-electron chi connectivity index (χ2n) is 7.37. The van der Waals surface area contributed by atoms with E-state index in [9.17, 15) is 0 Å². The highest BCUT2D eigenvalue weighted by Gasteiger charge is 2.13. The van der Waals surface area contributed by atoms with Crippen LogP contribution in [0, 0.1) is 12.3 Å². The molecule has 25 heavy (non-hydrogen) atoms. The first kappa shape index (κ1) is 17.1. The van der Waals surface area contributed by atoms with E-state index >= 15 is 0 Å². The Morgan fingerprint density at radius 1 is 1.24 bits per heavy atom. The minimum absolute atomic E-state index is 0.175. The summed E-state index contributed by atoms with van der Waals surface area (Å²) in [6, 6.07) is 6.14. The summed E-state index contributed by atoms with van der Waals surface area (Å²) in [7, 11) is 1.68. The van der Waals surface area contributed by atoms with Crippen LogP contribution >= 0.6 is 0 Å². The van der Waals surface area contributed by atoms with Crippen LogP contribution in [0.25, 0.3) is 22.2 Å². The third-order valence-electron chi connectivity index (χ3n) is 3.92. The smallest absolute Gasteiger partial charge is 0.224 e. The van der Waals surface area contributed by atoms with Crippen molar-refractivity contribution in [2.75, 3.05) is 18.9 Å². The molecule has 0 atom stereocenters. The maximum Gasteiger partial charge on any atom is 0.224 e. The largest absolute Gasteiger partial charge is 0.354 e. The monoisotopic (exact) mass is 336 g/mol. The van der Waals surface area contributed by atoms with Crippen LogP contribution in [0.2, 0.25) is 0 Å². The van der Waals surface area contributed by atoms with Gasteiger partial charge < -0.3 is 10.3 Å². The molecule has 2 N–H and O–H groups in total. The maximum atomic E-state index is 4.58. The lowest BCUT2D eigenvalue weighted by Gasteiger charge is -2.18. The van der Waals surface area contributed by atoms with Gasteiger partial charge in [-0.05, 0) is 35.6 Å². The fourth-order valence-electron chi connectivity index (χ4n) is 2.62. The van der Waals surface area contributed by atoms with Crippen LogP contribution in [0.4, 0.5) is 11.6 Å². The topological polar surface area (TPSA) is 78.3 Å². The molecular weight excluding hydrogens is 312 g/mol. The van der Waals surface area contributed by atoms with Gasteiger partial charge in [0, 0.05) is 36.9 Å². The maximum absolute atomic E-state index is 4.58. The van der Waals surface area contributed by atoms with E-state index in [1.54, 1.807) is 7.05 Å². The molecule has 1 aromatic carbocycles. The second kappa shape index (κ2) is 6.63. The minimum atomic E-state index is 0.175. The molecule has 130 valence electrons.